The summed E-state index contributed by atoms with van der Waals surface area (Å²) in [6, 6.07) is 1.33. The summed E-state index contributed by atoms with van der Waals surface area (Å²) < 4.78 is 24.6. The van der Waals surface area contributed by atoms with Crippen molar-refractivity contribution in [2.24, 2.45) is 0 Å². The first-order valence-corrected chi connectivity index (χ1v) is 6.91. The number of carboxylic acids is 1. The molecule has 2 rings (SSSR count). The highest BCUT2D eigenvalue weighted by Crippen LogP contribution is 2.23. The van der Waals surface area contributed by atoms with E-state index in [0.29, 0.717) is 5.69 Å². The quantitative estimate of drug-likeness (QED) is 0.747. The van der Waals surface area contributed by atoms with E-state index in [0.717, 1.165) is 4.57 Å². The topological polar surface area (TPSA) is 105 Å². The average molecular weight is 272 g/mol. The van der Waals surface area contributed by atoms with Gasteiger partial charge in [-0.2, -0.15) is 0 Å². The maximum atomic E-state index is 12.0. The molecule has 0 aromatic carbocycles. The monoisotopic (exact) mass is 272 g/mol. The van der Waals surface area contributed by atoms with Crippen LogP contribution in [0.15, 0.2) is 15.8 Å². The van der Waals surface area contributed by atoms with Gasteiger partial charge in [-0.15, -0.1) is 0 Å². The highest BCUT2D eigenvalue weighted by Gasteiger charge is 2.27. The number of sulfone groups is 1. The van der Waals surface area contributed by atoms with Gasteiger partial charge in [0.2, 0.25) is 0 Å². The maximum Gasteiger partial charge on any atom is 0.323 e. The Bertz CT molecular complexity index is 674. The van der Waals surface area contributed by atoms with Gasteiger partial charge in [-0.3, -0.25) is 14.2 Å². The lowest BCUT2D eigenvalue weighted by Crippen LogP contribution is -2.34. The number of nitrogens with one attached hydrogen (secondary N) is 1. The van der Waals surface area contributed by atoms with Gasteiger partial charge in [0.1, 0.15) is 12.2 Å². The summed E-state index contributed by atoms with van der Waals surface area (Å²) in [5.41, 5.74) is -0.336. The fourth-order valence-corrected chi connectivity index (χ4v) is 3.31. The third-order valence-electron chi connectivity index (χ3n) is 2.77. The largest absolute Gasteiger partial charge is 0.480 e. The molecule has 1 aliphatic heterocycles. The number of pyridine rings is 1. The number of hydrogen-bond acceptors (Lipinski definition) is 5. The number of anilines is 1. The Kier molecular flexibility index (Phi) is 2.89. The van der Waals surface area contributed by atoms with Gasteiger partial charge in [0, 0.05) is 12.2 Å². The van der Waals surface area contributed by atoms with Gasteiger partial charge in [-0.1, -0.05) is 0 Å². The van der Waals surface area contributed by atoms with E-state index in [1.54, 1.807) is 0 Å². The van der Waals surface area contributed by atoms with Gasteiger partial charge in [-0.25, -0.2) is 8.42 Å². The van der Waals surface area contributed by atoms with E-state index in [2.05, 4.69) is 5.32 Å². The second-order valence-corrected chi connectivity index (χ2v) is 6.13. The van der Waals surface area contributed by atoms with Crippen LogP contribution in [-0.4, -0.2) is 36.4 Å². The first-order chi connectivity index (χ1) is 8.33. The van der Waals surface area contributed by atoms with Crippen molar-refractivity contribution >= 4 is 21.5 Å². The highest BCUT2D eigenvalue weighted by atomic mass is 32.2. The summed E-state index contributed by atoms with van der Waals surface area (Å²) in [7, 11) is -3.46. The van der Waals surface area contributed by atoms with Gasteiger partial charge in [0.15, 0.2) is 9.84 Å². The first-order valence-electron chi connectivity index (χ1n) is 5.26. The lowest BCUT2D eigenvalue weighted by atomic mass is 10.3. The molecule has 0 unspecified atom stereocenters. The van der Waals surface area contributed by atoms with Crippen LogP contribution < -0.4 is 10.9 Å². The van der Waals surface area contributed by atoms with Crippen molar-refractivity contribution in [3.8, 4) is 0 Å². The van der Waals surface area contributed by atoms with E-state index in [9.17, 15) is 18.0 Å². The van der Waals surface area contributed by atoms with Crippen molar-refractivity contribution in [2.75, 3.05) is 17.6 Å². The third kappa shape index (κ3) is 1.99. The van der Waals surface area contributed by atoms with Gasteiger partial charge in [-0.05, 0) is 13.0 Å². The first kappa shape index (κ1) is 12.6. The van der Waals surface area contributed by atoms with E-state index in [1.807, 2.05) is 0 Å². The number of carbonyl (C=O) groups is 1. The van der Waals surface area contributed by atoms with Crippen LogP contribution in [0.2, 0.25) is 0 Å². The van der Waals surface area contributed by atoms with Crippen LogP contribution in [0.25, 0.3) is 0 Å². The zero-order valence-electron chi connectivity index (χ0n) is 9.63. The standard InChI is InChI=1S/C10H12N2O5S/c1-6-4-7-9(11-2-3-18(7,16)17)10(15)12(6)5-8(13)14/h4,11H,2-3,5H2,1H3,(H,13,14). The smallest absolute Gasteiger partial charge is 0.323 e. The molecule has 0 spiro atoms. The molecule has 0 radical (unpaired) electrons. The molecular formula is C10H12N2O5S. The minimum atomic E-state index is -3.46. The molecule has 18 heavy (non-hydrogen) atoms. The van der Waals surface area contributed by atoms with Crippen molar-refractivity contribution in [2.45, 2.75) is 18.4 Å². The molecule has 7 nitrogen and oxygen atoms in total. The molecule has 1 aliphatic rings. The van der Waals surface area contributed by atoms with Crippen LogP contribution in [0.1, 0.15) is 5.69 Å². The van der Waals surface area contributed by atoms with Gasteiger partial charge >= 0.3 is 5.97 Å². The zero-order valence-corrected chi connectivity index (χ0v) is 10.5. The number of aromatic nitrogens is 1. The van der Waals surface area contributed by atoms with Crippen LogP contribution in [0.3, 0.4) is 0 Å². The summed E-state index contributed by atoms with van der Waals surface area (Å²) in [4.78, 5) is 22.7. The third-order valence-corrected chi connectivity index (χ3v) is 4.51. The Morgan fingerprint density at radius 1 is 1.56 bits per heavy atom. The number of fused-ring (bicyclic) bond motifs is 1. The normalized spacial score (nSPS) is 16.7. The molecule has 0 saturated heterocycles. The van der Waals surface area contributed by atoms with Crippen LogP contribution in [0.5, 0.6) is 0 Å². The predicted molar refractivity (Wildman–Crippen MR) is 63.6 cm³/mol. The number of hydrogen-bond donors (Lipinski definition) is 2. The van der Waals surface area contributed by atoms with Crippen molar-refractivity contribution in [1.29, 1.82) is 0 Å². The van der Waals surface area contributed by atoms with Crippen molar-refractivity contribution in [1.82, 2.24) is 4.57 Å². The second-order valence-electron chi connectivity index (χ2n) is 4.06. The Balaban J connectivity index is 2.72. The summed E-state index contributed by atoms with van der Waals surface area (Å²) in [6.45, 7) is 1.18. The molecule has 0 aliphatic carbocycles. The fraction of sp³-hybridized carbons (Fsp3) is 0.400. The number of rotatable bonds is 2. The molecule has 0 fully saturated rings. The van der Waals surface area contributed by atoms with Crippen molar-refractivity contribution < 1.29 is 18.3 Å². The Labute approximate surface area is 103 Å². The Hall–Kier alpha value is -1.83. The van der Waals surface area contributed by atoms with Gasteiger partial charge in [0.05, 0.1) is 10.6 Å². The molecule has 1 aromatic rings. The van der Waals surface area contributed by atoms with Crippen LogP contribution in [0, 0.1) is 6.92 Å². The van der Waals surface area contributed by atoms with Crippen LogP contribution >= 0.6 is 0 Å². The maximum absolute atomic E-state index is 12.0. The minimum absolute atomic E-state index is 0.0342. The number of aryl methyl sites for hydroxylation is 1. The van der Waals surface area contributed by atoms with Crippen LogP contribution in [-0.2, 0) is 21.2 Å². The molecule has 1 aromatic heterocycles. The zero-order chi connectivity index (χ0) is 13.5. The number of carboxylic acid groups (broad SMARTS) is 1. The van der Waals surface area contributed by atoms with E-state index in [1.165, 1.54) is 13.0 Å². The Morgan fingerprint density at radius 2 is 2.22 bits per heavy atom. The molecule has 2 N–H and O–H groups in total. The van der Waals surface area contributed by atoms with E-state index in [4.69, 9.17) is 5.11 Å². The molecule has 0 saturated carbocycles. The van der Waals surface area contributed by atoms with Gasteiger partial charge < -0.3 is 10.4 Å². The lowest BCUT2D eigenvalue weighted by Gasteiger charge is -2.20. The summed E-state index contributed by atoms with van der Waals surface area (Å²) in [5.74, 6) is -1.22. The Morgan fingerprint density at radius 3 is 2.83 bits per heavy atom. The van der Waals surface area contributed by atoms with E-state index < -0.39 is 27.9 Å². The fourth-order valence-electron chi connectivity index (χ4n) is 1.90. The van der Waals surface area contributed by atoms with Crippen LogP contribution in [0.4, 0.5) is 5.69 Å². The molecule has 0 bridgehead atoms. The summed E-state index contributed by atoms with van der Waals surface area (Å²) in [5, 5.41) is 11.4. The molecule has 2 heterocycles. The highest BCUT2D eigenvalue weighted by molar-refractivity contribution is 7.91. The summed E-state index contributed by atoms with van der Waals surface area (Å²) in [6.07, 6.45) is 0. The lowest BCUT2D eigenvalue weighted by molar-refractivity contribution is -0.137. The SMILES string of the molecule is Cc1cc2c(c(=O)n1CC(=O)O)NCCS2(=O)=O. The number of aliphatic carboxylic acids is 1. The predicted octanol–water partition coefficient (Wildman–Crippen LogP) is -0.559. The summed E-state index contributed by atoms with van der Waals surface area (Å²) >= 11 is 0. The molecule has 8 heteroatoms. The molecule has 0 atom stereocenters. The molecule has 98 valence electrons. The van der Waals surface area contributed by atoms with Crippen molar-refractivity contribution in [3.05, 3.63) is 22.1 Å². The molecular weight excluding hydrogens is 260 g/mol. The van der Waals surface area contributed by atoms with E-state index >= 15 is 0 Å². The minimum Gasteiger partial charge on any atom is -0.480 e. The average Bonchev–Trinajstić information content (AvgIpc) is 2.25. The second kappa shape index (κ2) is 4.13. The molecule has 0 amide bonds. The number of nitrogens with zero attached hydrogens (tertiary/aromatic N) is 1. The van der Waals surface area contributed by atoms with Gasteiger partial charge in [0.25, 0.3) is 5.56 Å². The van der Waals surface area contributed by atoms with Crippen molar-refractivity contribution in [3.63, 3.8) is 0 Å². The van der Waals surface area contributed by atoms with E-state index in [-0.39, 0.29) is 22.9 Å².